The zero-order chi connectivity index (χ0) is 14.5. The van der Waals surface area contributed by atoms with Gasteiger partial charge in [-0.1, -0.05) is 32.6 Å². The van der Waals surface area contributed by atoms with Crippen molar-refractivity contribution in [3.05, 3.63) is 0 Å². The summed E-state index contributed by atoms with van der Waals surface area (Å²) < 4.78 is 0. The second-order valence-corrected chi connectivity index (χ2v) is 6.42. The molecule has 0 saturated heterocycles. The Bertz CT molecular complexity index is 359. The van der Waals surface area contributed by atoms with E-state index in [-0.39, 0.29) is 18.1 Å². The van der Waals surface area contributed by atoms with Crippen molar-refractivity contribution in [1.82, 2.24) is 10.6 Å². The van der Waals surface area contributed by atoms with Crippen molar-refractivity contribution in [2.75, 3.05) is 0 Å². The molecule has 0 aromatic heterocycles. The third-order valence-electron chi connectivity index (χ3n) is 4.67. The highest BCUT2D eigenvalue weighted by Gasteiger charge is 2.32. The Labute approximate surface area is 120 Å². The summed E-state index contributed by atoms with van der Waals surface area (Å²) in [5, 5.41) is 15.1. The first kappa shape index (κ1) is 15.1. The Kier molecular flexibility index (Phi) is 5.26. The maximum Gasteiger partial charge on any atom is 0.315 e. The number of carbonyl (C=O) groups is 2. The van der Waals surface area contributed by atoms with Crippen LogP contribution in [0.4, 0.5) is 4.79 Å². The van der Waals surface area contributed by atoms with E-state index in [1.807, 2.05) is 0 Å². The molecule has 0 spiro atoms. The van der Waals surface area contributed by atoms with Gasteiger partial charge in [0, 0.05) is 12.1 Å². The van der Waals surface area contributed by atoms with Gasteiger partial charge in [0.2, 0.25) is 0 Å². The van der Waals surface area contributed by atoms with Crippen molar-refractivity contribution in [1.29, 1.82) is 0 Å². The predicted octanol–water partition coefficient (Wildman–Crippen LogP) is 2.51. The molecule has 0 aromatic carbocycles. The molecule has 0 heterocycles. The van der Waals surface area contributed by atoms with Crippen molar-refractivity contribution in [2.24, 2.45) is 11.8 Å². The zero-order valence-corrected chi connectivity index (χ0v) is 12.2. The molecule has 2 aliphatic rings. The summed E-state index contributed by atoms with van der Waals surface area (Å²) in [7, 11) is 0. The number of carboxylic acid groups (broad SMARTS) is 1. The molecule has 0 aliphatic heterocycles. The molecule has 2 rings (SSSR count). The van der Waals surface area contributed by atoms with Gasteiger partial charge in [0.25, 0.3) is 0 Å². The molecule has 5 nitrogen and oxygen atoms in total. The van der Waals surface area contributed by atoms with E-state index in [2.05, 4.69) is 17.6 Å². The normalized spacial score (nSPS) is 34.2. The van der Waals surface area contributed by atoms with Gasteiger partial charge in [0.1, 0.15) is 0 Å². The molecule has 4 atom stereocenters. The average molecular weight is 282 g/mol. The van der Waals surface area contributed by atoms with Gasteiger partial charge in [-0.05, 0) is 31.6 Å². The maximum atomic E-state index is 12.0. The van der Waals surface area contributed by atoms with E-state index in [0.717, 1.165) is 38.5 Å². The van der Waals surface area contributed by atoms with Crippen molar-refractivity contribution >= 4 is 12.0 Å². The quantitative estimate of drug-likeness (QED) is 0.744. The fourth-order valence-corrected chi connectivity index (χ4v) is 3.56. The average Bonchev–Trinajstić information content (AvgIpc) is 2.38. The Morgan fingerprint density at radius 1 is 1.00 bits per heavy atom. The molecule has 0 aromatic rings. The van der Waals surface area contributed by atoms with Gasteiger partial charge in [-0.15, -0.1) is 0 Å². The minimum absolute atomic E-state index is 0.192. The van der Waals surface area contributed by atoms with Crippen LogP contribution in [0.5, 0.6) is 0 Å². The molecular weight excluding hydrogens is 256 g/mol. The summed E-state index contributed by atoms with van der Waals surface area (Å²) in [5.74, 6) is -0.559. The molecule has 0 radical (unpaired) electrons. The minimum Gasteiger partial charge on any atom is -0.481 e. The van der Waals surface area contributed by atoms with E-state index in [0.29, 0.717) is 12.3 Å². The molecule has 2 aliphatic carbocycles. The number of urea groups is 1. The van der Waals surface area contributed by atoms with Gasteiger partial charge in [-0.25, -0.2) is 4.79 Å². The van der Waals surface area contributed by atoms with E-state index in [4.69, 9.17) is 0 Å². The number of nitrogens with one attached hydrogen (secondary N) is 2. The Morgan fingerprint density at radius 2 is 1.75 bits per heavy atom. The summed E-state index contributed by atoms with van der Waals surface area (Å²) in [6.45, 7) is 2.22. The molecule has 114 valence electrons. The lowest BCUT2D eigenvalue weighted by atomic mass is 9.84. The van der Waals surface area contributed by atoms with E-state index in [1.165, 1.54) is 6.42 Å². The van der Waals surface area contributed by atoms with Crippen LogP contribution < -0.4 is 10.6 Å². The lowest BCUT2D eigenvalue weighted by Gasteiger charge is -2.31. The van der Waals surface area contributed by atoms with E-state index >= 15 is 0 Å². The number of carboxylic acids is 1. The third-order valence-corrected chi connectivity index (χ3v) is 4.67. The monoisotopic (exact) mass is 282 g/mol. The number of rotatable bonds is 3. The number of amides is 2. The van der Waals surface area contributed by atoms with E-state index in [1.54, 1.807) is 0 Å². The fraction of sp³-hybridized carbons (Fsp3) is 0.867. The molecule has 5 heteroatoms. The second kappa shape index (κ2) is 6.95. The van der Waals surface area contributed by atoms with Crippen molar-refractivity contribution in [3.8, 4) is 0 Å². The topological polar surface area (TPSA) is 78.4 Å². The highest BCUT2D eigenvalue weighted by molar-refractivity contribution is 5.77. The summed E-state index contributed by atoms with van der Waals surface area (Å²) in [4.78, 5) is 23.2. The van der Waals surface area contributed by atoms with Crippen LogP contribution >= 0.6 is 0 Å². The molecule has 2 amide bonds. The van der Waals surface area contributed by atoms with Crippen molar-refractivity contribution in [2.45, 2.75) is 70.4 Å². The van der Waals surface area contributed by atoms with Crippen LogP contribution in [-0.4, -0.2) is 29.2 Å². The number of hydrogen-bond acceptors (Lipinski definition) is 2. The molecule has 0 bridgehead atoms. The molecule has 2 fully saturated rings. The predicted molar refractivity (Wildman–Crippen MR) is 76.5 cm³/mol. The number of carbonyl (C=O) groups excluding carboxylic acids is 1. The highest BCUT2D eigenvalue weighted by atomic mass is 16.4. The van der Waals surface area contributed by atoms with Crippen LogP contribution in [0.2, 0.25) is 0 Å². The Balaban J connectivity index is 1.82. The zero-order valence-electron chi connectivity index (χ0n) is 12.2. The van der Waals surface area contributed by atoms with Gasteiger partial charge in [-0.3, -0.25) is 4.79 Å². The van der Waals surface area contributed by atoms with Crippen LogP contribution in [0.15, 0.2) is 0 Å². The molecule has 4 unspecified atom stereocenters. The Morgan fingerprint density at radius 3 is 2.45 bits per heavy atom. The van der Waals surface area contributed by atoms with Gasteiger partial charge in [0.15, 0.2) is 0 Å². The van der Waals surface area contributed by atoms with Crippen LogP contribution in [-0.2, 0) is 4.79 Å². The van der Waals surface area contributed by atoms with Crippen LogP contribution in [0.3, 0.4) is 0 Å². The number of aliphatic carboxylic acids is 1. The molecule has 2 saturated carbocycles. The Hall–Kier alpha value is -1.26. The van der Waals surface area contributed by atoms with Gasteiger partial charge >= 0.3 is 12.0 Å². The minimum atomic E-state index is -0.790. The van der Waals surface area contributed by atoms with Crippen LogP contribution in [0.1, 0.15) is 58.3 Å². The smallest absolute Gasteiger partial charge is 0.315 e. The van der Waals surface area contributed by atoms with Crippen LogP contribution in [0, 0.1) is 11.8 Å². The third kappa shape index (κ3) is 4.12. The summed E-state index contributed by atoms with van der Waals surface area (Å²) in [6, 6.07) is -0.171. The summed E-state index contributed by atoms with van der Waals surface area (Å²) in [6.07, 6.45) is 7.83. The van der Waals surface area contributed by atoms with E-state index in [9.17, 15) is 14.7 Å². The van der Waals surface area contributed by atoms with Gasteiger partial charge < -0.3 is 15.7 Å². The van der Waals surface area contributed by atoms with Crippen molar-refractivity contribution < 1.29 is 14.7 Å². The lowest BCUT2D eigenvalue weighted by molar-refractivity contribution is -0.143. The fourth-order valence-electron chi connectivity index (χ4n) is 3.56. The standard InChI is InChI=1S/C15H26N2O3/c1-10-5-4-6-11(9-10)16-15(20)17-13-8-3-2-7-12(13)14(18)19/h10-13H,2-9H2,1H3,(H,18,19)(H2,16,17,20). The first-order valence-corrected chi connectivity index (χ1v) is 7.86. The molecular formula is C15H26N2O3. The summed E-state index contributed by atoms with van der Waals surface area (Å²) >= 11 is 0. The SMILES string of the molecule is CC1CCCC(NC(=O)NC2CCCCC2C(=O)O)C1. The first-order valence-electron chi connectivity index (χ1n) is 7.86. The van der Waals surface area contributed by atoms with Gasteiger partial charge in [0.05, 0.1) is 5.92 Å². The van der Waals surface area contributed by atoms with E-state index < -0.39 is 11.9 Å². The second-order valence-electron chi connectivity index (χ2n) is 6.42. The molecule has 20 heavy (non-hydrogen) atoms. The largest absolute Gasteiger partial charge is 0.481 e. The van der Waals surface area contributed by atoms with Gasteiger partial charge in [-0.2, -0.15) is 0 Å². The van der Waals surface area contributed by atoms with Crippen LogP contribution in [0.25, 0.3) is 0 Å². The first-order chi connectivity index (χ1) is 9.56. The number of hydrogen-bond donors (Lipinski definition) is 3. The lowest BCUT2D eigenvalue weighted by Crippen LogP contribution is -2.51. The summed E-state index contributed by atoms with van der Waals surface area (Å²) in [5.41, 5.74) is 0. The molecule has 3 N–H and O–H groups in total. The highest BCUT2D eigenvalue weighted by Crippen LogP contribution is 2.25. The maximum absolute atomic E-state index is 12.0. The van der Waals surface area contributed by atoms with Crippen molar-refractivity contribution in [3.63, 3.8) is 0 Å².